The highest BCUT2D eigenvalue weighted by molar-refractivity contribution is 5.91. The van der Waals surface area contributed by atoms with E-state index >= 15 is 0 Å². The predicted molar refractivity (Wildman–Crippen MR) is 75.9 cm³/mol. The van der Waals surface area contributed by atoms with E-state index in [1.165, 1.54) is 6.20 Å². The quantitative estimate of drug-likeness (QED) is 0.782. The van der Waals surface area contributed by atoms with Crippen molar-refractivity contribution in [2.45, 2.75) is 26.7 Å². The minimum absolute atomic E-state index is 0.273. The Kier molecular flexibility index (Phi) is 5.19. The van der Waals surface area contributed by atoms with Gasteiger partial charge in [0.25, 0.3) is 5.91 Å². The van der Waals surface area contributed by atoms with Crippen LogP contribution in [0.5, 0.6) is 0 Å². The van der Waals surface area contributed by atoms with Crippen LogP contribution in [0.4, 0.5) is 5.82 Å². The third-order valence-electron chi connectivity index (χ3n) is 2.64. The summed E-state index contributed by atoms with van der Waals surface area (Å²) in [5.74, 6) is 1.47. The lowest BCUT2D eigenvalue weighted by Crippen LogP contribution is -2.27. The van der Waals surface area contributed by atoms with Crippen LogP contribution in [0, 0.1) is 6.92 Å². The molecule has 0 spiro atoms. The van der Waals surface area contributed by atoms with Crippen molar-refractivity contribution in [2.75, 3.05) is 18.4 Å². The Hall–Kier alpha value is -2.51. The molecule has 0 saturated carbocycles. The summed E-state index contributed by atoms with van der Waals surface area (Å²) in [6, 6.07) is 0. The van der Waals surface area contributed by atoms with Crippen LogP contribution < -0.4 is 10.6 Å². The fourth-order valence-electron chi connectivity index (χ4n) is 1.61. The number of nitrogens with zero attached hydrogens (tertiary/aromatic N) is 4. The minimum Gasteiger partial charge on any atom is -0.369 e. The van der Waals surface area contributed by atoms with Crippen LogP contribution in [0.1, 0.15) is 35.5 Å². The molecule has 1 amide bonds. The van der Waals surface area contributed by atoms with Crippen LogP contribution in [0.25, 0.3) is 0 Å². The van der Waals surface area contributed by atoms with Gasteiger partial charge in [0.2, 0.25) is 5.89 Å². The minimum atomic E-state index is -0.273. The van der Waals surface area contributed by atoms with Gasteiger partial charge >= 0.3 is 0 Å². The van der Waals surface area contributed by atoms with E-state index in [1.807, 2.05) is 0 Å². The van der Waals surface area contributed by atoms with E-state index in [0.29, 0.717) is 30.5 Å². The maximum absolute atomic E-state index is 11.9. The average molecular weight is 290 g/mol. The van der Waals surface area contributed by atoms with Gasteiger partial charge in [0.05, 0.1) is 12.4 Å². The van der Waals surface area contributed by atoms with Crippen LogP contribution in [0.15, 0.2) is 16.9 Å². The Bertz CT molecular complexity index is 581. The number of rotatable bonds is 7. The van der Waals surface area contributed by atoms with Crippen LogP contribution >= 0.6 is 0 Å². The number of anilines is 1. The zero-order chi connectivity index (χ0) is 15.1. The van der Waals surface area contributed by atoms with Gasteiger partial charge in [-0.15, -0.1) is 0 Å². The van der Waals surface area contributed by atoms with E-state index in [2.05, 4.69) is 37.7 Å². The number of nitrogens with one attached hydrogen (secondary N) is 2. The van der Waals surface area contributed by atoms with Crippen LogP contribution in [-0.4, -0.2) is 39.1 Å². The van der Waals surface area contributed by atoms with Crippen molar-refractivity contribution < 1.29 is 9.32 Å². The van der Waals surface area contributed by atoms with E-state index in [-0.39, 0.29) is 11.6 Å². The highest BCUT2D eigenvalue weighted by atomic mass is 16.5. The van der Waals surface area contributed by atoms with Crippen molar-refractivity contribution in [3.05, 3.63) is 29.8 Å². The third kappa shape index (κ3) is 4.51. The molecule has 0 aromatic carbocycles. The van der Waals surface area contributed by atoms with Gasteiger partial charge in [-0.2, -0.15) is 4.98 Å². The summed E-state index contributed by atoms with van der Waals surface area (Å²) in [7, 11) is 0. The molecule has 0 radical (unpaired) electrons. The molecular weight excluding hydrogens is 272 g/mol. The molecule has 2 rings (SSSR count). The third-order valence-corrected chi connectivity index (χ3v) is 2.64. The summed E-state index contributed by atoms with van der Waals surface area (Å²) >= 11 is 0. The highest BCUT2D eigenvalue weighted by Gasteiger charge is 2.08. The van der Waals surface area contributed by atoms with Crippen molar-refractivity contribution in [1.82, 2.24) is 25.4 Å². The Morgan fingerprint density at radius 2 is 2.14 bits per heavy atom. The highest BCUT2D eigenvalue weighted by Crippen LogP contribution is 2.01. The smallest absolute Gasteiger partial charge is 0.271 e. The first kappa shape index (κ1) is 14.9. The molecule has 0 bridgehead atoms. The van der Waals surface area contributed by atoms with E-state index in [0.717, 1.165) is 13.0 Å². The maximum atomic E-state index is 11.9. The standard InChI is InChI=1S/C13H18N6O2/c1-3-5-14-12-8-16-10(7-17-12)13(20)15-6-4-11-18-9(2)21-19-11/h7-8H,3-6H2,1-2H3,(H,14,17)(H,15,20). The molecule has 2 heterocycles. The molecule has 0 aliphatic carbocycles. The second-order valence-corrected chi connectivity index (χ2v) is 4.45. The fraction of sp³-hybridized carbons (Fsp3) is 0.462. The lowest BCUT2D eigenvalue weighted by molar-refractivity contribution is 0.0948. The second-order valence-electron chi connectivity index (χ2n) is 4.45. The zero-order valence-corrected chi connectivity index (χ0v) is 12.1. The van der Waals surface area contributed by atoms with Gasteiger partial charge in [-0.1, -0.05) is 12.1 Å². The summed E-state index contributed by atoms with van der Waals surface area (Å²) < 4.78 is 4.85. The molecule has 2 aromatic rings. The molecule has 8 heteroatoms. The Morgan fingerprint density at radius 3 is 2.76 bits per heavy atom. The zero-order valence-electron chi connectivity index (χ0n) is 12.1. The van der Waals surface area contributed by atoms with Crippen molar-refractivity contribution in [2.24, 2.45) is 0 Å². The monoisotopic (exact) mass is 290 g/mol. The van der Waals surface area contributed by atoms with Crippen molar-refractivity contribution in [1.29, 1.82) is 0 Å². The number of aromatic nitrogens is 4. The van der Waals surface area contributed by atoms with E-state index in [1.54, 1.807) is 13.1 Å². The van der Waals surface area contributed by atoms with E-state index in [9.17, 15) is 4.79 Å². The average Bonchev–Trinajstić information content (AvgIpc) is 2.91. The van der Waals surface area contributed by atoms with Crippen LogP contribution in [0.2, 0.25) is 0 Å². The first-order valence-electron chi connectivity index (χ1n) is 6.82. The molecular formula is C13H18N6O2. The summed E-state index contributed by atoms with van der Waals surface area (Å²) in [5, 5.41) is 9.58. The number of amides is 1. The predicted octanol–water partition coefficient (Wildman–Crippen LogP) is 0.962. The van der Waals surface area contributed by atoms with Gasteiger partial charge in [-0.3, -0.25) is 4.79 Å². The number of hydrogen-bond donors (Lipinski definition) is 2. The van der Waals surface area contributed by atoms with Gasteiger partial charge in [0, 0.05) is 26.4 Å². The molecule has 8 nitrogen and oxygen atoms in total. The number of hydrogen-bond acceptors (Lipinski definition) is 7. The fourth-order valence-corrected chi connectivity index (χ4v) is 1.61. The normalized spacial score (nSPS) is 10.4. The molecule has 0 aliphatic rings. The van der Waals surface area contributed by atoms with Crippen LogP contribution in [0.3, 0.4) is 0 Å². The molecule has 112 valence electrons. The molecule has 2 N–H and O–H groups in total. The largest absolute Gasteiger partial charge is 0.369 e. The molecule has 21 heavy (non-hydrogen) atoms. The molecule has 2 aromatic heterocycles. The lowest BCUT2D eigenvalue weighted by atomic mass is 10.3. The molecule has 0 fully saturated rings. The lowest BCUT2D eigenvalue weighted by Gasteiger charge is -2.05. The molecule has 0 saturated heterocycles. The Labute approximate surface area is 122 Å². The summed E-state index contributed by atoms with van der Waals surface area (Å²) in [6.45, 7) is 5.02. The first-order valence-corrected chi connectivity index (χ1v) is 6.82. The Balaban J connectivity index is 1.79. The van der Waals surface area contributed by atoms with Crippen LogP contribution in [-0.2, 0) is 6.42 Å². The second kappa shape index (κ2) is 7.32. The number of carbonyl (C=O) groups is 1. The molecule has 0 unspecified atom stereocenters. The van der Waals surface area contributed by atoms with Crippen molar-refractivity contribution in [3.63, 3.8) is 0 Å². The van der Waals surface area contributed by atoms with E-state index < -0.39 is 0 Å². The molecule has 0 aliphatic heterocycles. The van der Waals surface area contributed by atoms with Gasteiger partial charge in [-0.25, -0.2) is 9.97 Å². The maximum Gasteiger partial charge on any atom is 0.271 e. The summed E-state index contributed by atoms with van der Waals surface area (Å²) in [4.78, 5) is 24.1. The molecule has 0 atom stereocenters. The van der Waals surface area contributed by atoms with Gasteiger partial charge in [0.15, 0.2) is 5.82 Å². The van der Waals surface area contributed by atoms with Gasteiger partial charge in [-0.05, 0) is 6.42 Å². The van der Waals surface area contributed by atoms with Gasteiger partial charge < -0.3 is 15.2 Å². The van der Waals surface area contributed by atoms with Crippen molar-refractivity contribution >= 4 is 11.7 Å². The van der Waals surface area contributed by atoms with Gasteiger partial charge in [0.1, 0.15) is 11.5 Å². The first-order chi connectivity index (χ1) is 10.2. The summed E-state index contributed by atoms with van der Waals surface area (Å²) in [5.41, 5.74) is 0.279. The summed E-state index contributed by atoms with van der Waals surface area (Å²) in [6.07, 6.45) is 4.51. The number of carbonyl (C=O) groups excluding carboxylic acids is 1. The van der Waals surface area contributed by atoms with E-state index in [4.69, 9.17) is 4.52 Å². The SMILES string of the molecule is CCCNc1cnc(C(=O)NCCc2noc(C)n2)cn1. The van der Waals surface area contributed by atoms with Crippen molar-refractivity contribution in [3.8, 4) is 0 Å². The number of aryl methyl sites for hydroxylation is 1. The topological polar surface area (TPSA) is 106 Å². The Morgan fingerprint density at radius 1 is 1.29 bits per heavy atom.